The second kappa shape index (κ2) is 8.84. The number of hydrogen-bond acceptors (Lipinski definition) is 5. The van der Waals surface area contributed by atoms with Gasteiger partial charge in [0.15, 0.2) is 5.78 Å². The summed E-state index contributed by atoms with van der Waals surface area (Å²) in [5, 5.41) is 12.4. The Kier molecular flexibility index (Phi) is 7.00. The Morgan fingerprint density at radius 3 is 2.67 bits per heavy atom. The van der Waals surface area contributed by atoms with Gasteiger partial charge < -0.3 is 15.2 Å². The fraction of sp³-hybridized carbons (Fsp3) is 0.526. The molecule has 0 saturated carbocycles. The number of amides is 2. The van der Waals surface area contributed by atoms with Crippen LogP contribution in [-0.4, -0.2) is 58.6 Å². The molecular formula is C19H25BrN2O5. The van der Waals surface area contributed by atoms with Crippen molar-refractivity contribution in [2.75, 3.05) is 13.1 Å². The molecule has 148 valence electrons. The highest BCUT2D eigenvalue weighted by Crippen LogP contribution is 2.21. The summed E-state index contributed by atoms with van der Waals surface area (Å²) in [6.07, 6.45) is -1.14. The van der Waals surface area contributed by atoms with E-state index in [0.717, 1.165) is 10.0 Å². The van der Waals surface area contributed by atoms with E-state index >= 15 is 0 Å². The number of nitrogens with one attached hydrogen (secondary N) is 1. The third-order valence-corrected chi connectivity index (χ3v) is 4.45. The van der Waals surface area contributed by atoms with Crippen LogP contribution >= 0.6 is 15.9 Å². The van der Waals surface area contributed by atoms with Crippen LogP contribution in [0.3, 0.4) is 0 Å². The van der Waals surface area contributed by atoms with E-state index in [1.807, 2.05) is 24.3 Å². The van der Waals surface area contributed by atoms with Gasteiger partial charge in [-0.1, -0.05) is 28.1 Å². The maximum atomic E-state index is 12.5. The Bertz CT molecular complexity index is 716. The fourth-order valence-corrected chi connectivity index (χ4v) is 3.27. The van der Waals surface area contributed by atoms with E-state index in [4.69, 9.17) is 4.74 Å². The second-order valence-corrected chi connectivity index (χ2v) is 8.52. The molecule has 1 aromatic rings. The molecule has 1 aromatic carbocycles. The highest BCUT2D eigenvalue weighted by Gasteiger charge is 2.40. The van der Waals surface area contributed by atoms with Gasteiger partial charge in [0.25, 0.3) is 0 Å². The molecule has 2 amide bonds. The molecule has 2 atom stereocenters. The number of likely N-dealkylation sites (tertiary alicyclic amines) is 1. The summed E-state index contributed by atoms with van der Waals surface area (Å²) in [5.74, 6) is -0.621. The van der Waals surface area contributed by atoms with Crippen LogP contribution in [0, 0.1) is 0 Å². The number of rotatable bonds is 5. The molecule has 0 bridgehead atoms. The molecule has 0 aromatic heterocycles. The van der Waals surface area contributed by atoms with Crippen molar-refractivity contribution in [2.45, 2.75) is 51.4 Å². The zero-order valence-electron chi connectivity index (χ0n) is 15.7. The van der Waals surface area contributed by atoms with Gasteiger partial charge >= 0.3 is 6.09 Å². The highest BCUT2D eigenvalue weighted by molar-refractivity contribution is 9.10. The first-order chi connectivity index (χ1) is 12.5. The van der Waals surface area contributed by atoms with Crippen LogP contribution in [0.5, 0.6) is 0 Å². The number of ketones is 1. The lowest BCUT2D eigenvalue weighted by Gasteiger charge is -2.27. The zero-order valence-corrected chi connectivity index (χ0v) is 17.3. The SMILES string of the molecule is CC(C)(C)OC(=O)N1C[C@H](O)C[C@H]1C(=O)NCC(=O)Cc1cccc(Br)c1. The van der Waals surface area contributed by atoms with Gasteiger partial charge in [-0.2, -0.15) is 0 Å². The second-order valence-electron chi connectivity index (χ2n) is 7.60. The van der Waals surface area contributed by atoms with Gasteiger partial charge in [-0.3, -0.25) is 14.5 Å². The lowest BCUT2D eigenvalue weighted by atomic mass is 10.1. The molecule has 0 radical (unpaired) electrons. The van der Waals surface area contributed by atoms with Crippen molar-refractivity contribution in [2.24, 2.45) is 0 Å². The summed E-state index contributed by atoms with van der Waals surface area (Å²) in [6.45, 7) is 5.08. The van der Waals surface area contributed by atoms with Crippen LogP contribution in [0.25, 0.3) is 0 Å². The van der Waals surface area contributed by atoms with E-state index in [9.17, 15) is 19.5 Å². The number of aliphatic hydroxyl groups excluding tert-OH is 1. The third kappa shape index (κ3) is 6.62. The van der Waals surface area contributed by atoms with Crippen molar-refractivity contribution in [1.82, 2.24) is 10.2 Å². The van der Waals surface area contributed by atoms with Gasteiger partial charge in [-0.15, -0.1) is 0 Å². The first kappa shape index (κ1) is 21.4. The number of β-amino-alcohol motifs (C(OH)–C–C–N with tert-alkyl or cyclic N) is 1. The molecule has 1 aliphatic rings. The molecule has 2 rings (SSSR count). The van der Waals surface area contributed by atoms with E-state index < -0.39 is 29.7 Å². The summed E-state index contributed by atoms with van der Waals surface area (Å²) in [4.78, 5) is 38.1. The highest BCUT2D eigenvalue weighted by atomic mass is 79.9. The standard InChI is InChI=1S/C19H25BrN2O5/c1-19(2,3)27-18(26)22-11-15(24)9-16(22)17(25)21-10-14(23)8-12-5-4-6-13(20)7-12/h4-7,15-16,24H,8-11H2,1-3H3,(H,21,25)/t15-,16+/m1/s1. The number of hydrogen-bond donors (Lipinski definition) is 2. The number of Topliss-reactive ketones (excluding diaryl/α,β-unsaturated/α-hetero) is 1. The van der Waals surface area contributed by atoms with Gasteiger partial charge in [0, 0.05) is 17.3 Å². The first-order valence-corrected chi connectivity index (χ1v) is 9.56. The van der Waals surface area contributed by atoms with Crippen LogP contribution in [0.4, 0.5) is 4.79 Å². The van der Waals surface area contributed by atoms with Gasteiger partial charge in [-0.25, -0.2) is 4.79 Å². The minimum Gasteiger partial charge on any atom is -0.444 e. The summed E-state index contributed by atoms with van der Waals surface area (Å²) >= 11 is 3.35. The fourth-order valence-electron chi connectivity index (χ4n) is 2.83. The molecule has 27 heavy (non-hydrogen) atoms. The van der Waals surface area contributed by atoms with Crippen LogP contribution in [0.2, 0.25) is 0 Å². The van der Waals surface area contributed by atoms with Crippen molar-refractivity contribution >= 4 is 33.7 Å². The predicted octanol–water partition coefficient (Wildman–Crippen LogP) is 2.05. The molecule has 2 N–H and O–H groups in total. The maximum absolute atomic E-state index is 12.5. The Balaban J connectivity index is 1.91. The lowest BCUT2D eigenvalue weighted by molar-refractivity contribution is -0.128. The van der Waals surface area contributed by atoms with Crippen LogP contribution in [0.1, 0.15) is 32.8 Å². The number of ether oxygens (including phenoxy) is 1. The Morgan fingerprint density at radius 1 is 1.33 bits per heavy atom. The van der Waals surface area contributed by atoms with E-state index in [1.165, 1.54) is 4.90 Å². The summed E-state index contributed by atoms with van der Waals surface area (Å²) in [7, 11) is 0. The normalized spacial score (nSPS) is 19.7. The molecular weight excluding hydrogens is 416 g/mol. The van der Waals surface area contributed by atoms with Crippen molar-refractivity contribution < 1.29 is 24.2 Å². The molecule has 1 fully saturated rings. The topological polar surface area (TPSA) is 95.9 Å². The molecule has 1 aliphatic heterocycles. The quantitative estimate of drug-likeness (QED) is 0.730. The van der Waals surface area contributed by atoms with E-state index in [-0.39, 0.29) is 31.7 Å². The van der Waals surface area contributed by atoms with Gasteiger partial charge in [0.1, 0.15) is 11.6 Å². The lowest BCUT2D eigenvalue weighted by Crippen LogP contribution is -2.48. The van der Waals surface area contributed by atoms with Gasteiger partial charge in [-0.05, 0) is 38.5 Å². The number of carbonyl (C=O) groups is 3. The molecule has 7 nitrogen and oxygen atoms in total. The van der Waals surface area contributed by atoms with Crippen LogP contribution < -0.4 is 5.32 Å². The average molecular weight is 441 g/mol. The Hall–Kier alpha value is -1.93. The van der Waals surface area contributed by atoms with E-state index in [1.54, 1.807) is 20.8 Å². The minimum absolute atomic E-state index is 0.0268. The van der Waals surface area contributed by atoms with Crippen molar-refractivity contribution in [3.05, 3.63) is 34.3 Å². The molecule has 1 heterocycles. The Morgan fingerprint density at radius 2 is 2.04 bits per heavy atom. The van der Waals surface area contributed by atoms with Crippen LogP contribution in [0.15, 0.2) is 28.7 Å². The number of carbonyl (C=O) groups excluding carboxylic acids is 3. The summed E-state index contributed by atoms with van der Waals surface area (Å²) < 4.78 is 6.17. The third-order valence-electron chi connectivity index (χ3n) is 3.96. The number of benzene rings is 1. The number of aliphatic hydroxyl groups is 1. The minimum atomic E-state index is -0.853. The smallest absolute Gasteiger partial charge is 0.411 e. The molecule has 1 saturated heterocycles. The maximum Gasteiger partial charge on any atom is 0.411 e. The summed E-state index contributed by atoms with van der Waals surface area (Å²) in [6, 6.07) is 6.53. The number of nitrogens with zero attached hydrogens (tertiary/aromatic N) is 1. The van der Waals surface area contributed by atoms with Crippen molar-refractivity contribution in [3.8, 4) is 0 Å². The van der Waals surface area contributed by atoms with E-state index in [0.29, 0.717) is 0 Å². The predicted molar refractivity (Wildman–Crippen MR) is 103 cm³/mol. The largest absolute Gasteiger partial charge is 0.444 e. The molecule has 8 heteroatoms. The van der Waals surface area contributed by atoms with Gasteiger partial charge in [0.2, 0.25) is 5.91 Å². The molecule has 0 spiro atoms. The first-order valence-electron chi connectivity index (χ1n) is 8.76. The molecule has 0 aliphatic carbocycles. The monoisotopic (exact) mass is 440 g/mol. The number of halogens is 1. The average Bonchev–Trinajstić information content (AvgIpc) is 2.93. The zero-order chi connectivity index (χ0) is 20.2. The Labute approximate surface area is 167 Å². The van der Waals surface area contributed by atoms with Gasteiger partial charge in [0.05, 0.1) is 19.2 Å². The van der Waals surface area contributed by atoms with Crippen molar-refractivity contribution in [3.63, 3.8) is 0 Å². The summed E-state index contributed by atoms with van der Waals surface area (Å²) in [5.41, 5.74) is 0.140. The molecule has 0 unspecified atom stereocenters. The van der Waals surface area contributed by atoms with E-state index in [2.05, 4.69) is 21.2 Å². The van der Waals surface area contributed by atoms with Crippen LogP contribution in [-0.2, 0) is 20.7 Å². The van der Waals surface area contributed by atoms with Crippen molar-refractivity contribution in [1.29, 1.82) is 0 Å².